The minimum absolute atomic E-state index is 0.0973. The molecular formula is C27H34N6O3. The summed E-state index contributed by atoms with van der Waals surface area (Å²) in [5.74, 6) is 1.96. The van der Waals surface area contributed by atoms with Crippen LogP contribution in [0, 0.1) is 0 Å². The molecule has 0 aliphatic rings. The third-order valence-electron chi connectivity index (χ3n) is 6.28. The first kappa shape index (κ1) is 25.4. The van der Waals surface area contributed by atoms with Gasteiger partial charge >= 0.3 is 0 Å². The third-order valence-corrected chi connectivity index (χ3v) is 6.28. The third kappa shape index (κ3) is 5.26. The number of hydrogen-bond donors (Lipinski definition) is 1. The minimum atomic E-state index is -0.277. The SMILES string of the molecule is CC[C@@H](c1nnnn1C(C)(C)C)N(Cc1ccccc1)Cc1cc2cc(OC)c(OC)cc2[nH]c1=O. The summed E-state index contributed by atoms with van der Waals surface area (Å²) in [6.07, 6.45) is 0.778. The van der Waals surface area contributed by atoms with Crippen LogP contribution >= 0.6 is 0 Å². The maximum atomic E-state index is 13.2. The fourth-order valence-corrected chi connectivity index (χ4v) is 4.49. The summed E-state index contributed by atoms with van der Waals surface area (Å²) in [7, 11) is 3.18. The number of fused-ring (bicyclic) bond motifs is 1. The molecule has 0 bridgehead atoms. The van der Waals surface area contributed by atoms with Gasteiger partial charge in [0.2, 0.25) is 0 Å². The van der Waals surface area contributed by atoms with Crippen molar-refractivity contribution in [2.24, 2.45) is 0 Å². The number of nitrogens with zero attached hydrogens (tertiary/aromatic N) is 5. The van der Waals surface area contributed by atoms with E-state index in [0.717, 1.165) is 23.2 Å². The Morgan fingerprint density at radius 3 is 2.36 bits per heavy atom. The molecule has 0 aliphatic carbocycles. The molecule has 0 amide bonds. The maximum absolute atomic E-state index is 13.2. The van der Waals surface area contributed by atoms with Gasteiger partial charge < -0.3 is 14.5 Å². The number of H-pyrrole nitrogens is 1. The average Bonchev–Trinajstić information content (AvgIpc) is 3.35. The van der Waals surface area contributed by atoms with Gasteiger partial charge in [0, 0.05) is 30.1 Å². The lowest BCUT2D eigenvalue weighted by atomic mass is 10.0. The van der Waals surface area contributed by atoms with E-state index >= 15 is 0 Å². The van der Waals surface area contributed by atoms with E-state index in [4.69, 9.17) is 9.47 Å². The highest BCUT2D eigenvalue weighted by atomic mass is 16.5. The van der Waals surface area contributed by atoms with Gasteiger partial charge in [0.05, 0.1) is 31.3 Å². The van der Waals surface area contributed by atoms with Crippen LogP contribution in [-0.2, 0) is 18.6 Å². The number of benzene rings is 2. The maximum Gasteiger partial charge on any atom is 0.252 e. The predicted octanol–water partition coefficient (Wildman–Crippen LogP) is 4.44. The zero-order valence-electron chi connectivity index (χ0n) is 21.8. The molecule has 2 heterocycles. The highest BCUT2D eigenvalue weighted by Gasteiger charge is 2.29. The summed E-state index contributed by atoms with van der Waals surface area (Å²) in [5, 5.41) is 13.6. The highest BCUT2D eigenvalue weighted by Crippen LogP contribution is 2.32. The zero-order valence-corrected chi connectivity index (χ0v) is 21.8. The number of ether oxygens (including phenoxy) is 2. The van der Waals surface area contributed by atoms with E-state index in [-0.39, 0.29) is 17.1 Å². The van der Waals surface area contributed by atoms with E-state index < -0.39 is 0 Å². The summed E-state index contributed by atoms with van der Waals surface area (Å²) in [4.78, 5) is 18.5. The van der Waals surface area contributed by atoms with Crippen LogP contribution in [0.15, 0.2) is 53.3 Å². The van der Waals surface area contributed by atoms with Gasteiger partial charge in [-0.05, 0) is 55.3 Å². The fraction of sp³-hybridized carbons (Fsp3) is 0.407. The molecule has 0 fully saturated rings. The molecule has 2 aromatic heterocycles. The lowest BCUT2D eigenvalue weighted by Gasteiger charge is -2.32. The van der Waals surface area contributed by atoms with Crippen molar-refractivity contribution < 1.29 is 9.47 Å². The molecule has 0 saturated carbocycles. The molecule has 4 aromatic rings. The number of tetrazole rings is 1. The van der Waals surface area contributed by atoms with Crippen LogP contribution < -0.4 is 15.0 Å². The van der Waals surface area contributed by atoms with Crippen molar-refractivity contribution in [3.8, 4) is 11.5 Å². The van der Waals surface area contributed by atoms with E-state index in [2.05, 4.69) is 65.2 Å². The molecule has 4 rings (SSSR count). The van der Waals surface area contributed by atoms with Crippen LogP contribution in [0.25, 0.3) is 10.9 Å². The van der Waals surface area contributed by atoms with Gasteiger partial charge in [-0.15, -0.1) is 5.10 Å². The number of aromatic nitrogens is 5. The van der Waals surface area contributed by atoms with E-state index in [9.17, 15) is 4.79 Å². The summed E-state index contributed by atoms with van der Waals surface area (Å²) in [6.45, 7) is 9.42. The molecule has 1 atom stereocenters. The number of rotatable bonds is 9. The Bertz CT molecular complexity index is 1370. The molecule has 0 radical (unpaired) electrons. The molecule has 1 N–H and O–H groups in total. The minimum Gasteiger partial charge on any atom is -0.493 e. The molecule has 0 unspecified atom stereocenters. The van der Waals surface area contributed by atoms with Crippen LogP contribution in [0.4, 0.5) is 0 Å². The second-order valence-corrected chi connectivity index (χ2v) is 9.85. The molecule has 36 heavy (non-hydrogen) atoms. The average molecular weight is 491 g/mol. The number of aromatic amines is 1. The van der Waals surface area contributed by atoms with Crippen molar-refractivity contribution in [2.45, 2.75) is 58.8 Å². The topological polar surface area (TPSA) is 98.2 Å². The zero-order chi connectivity index (χ0) is 25.9. The molecule has 0 aliphatic heterocycles. The number of methoxy groups -OCH3 is 2. The van der Waals surface area contributed by atoms with E-state index in [1.54, 1.807) is 20.3 Å². The lowest BCUT2D eigenvalue weighted by Crippen LogP contribution is -2.35. The van der Waals surface area contributed by atoms with Gasteiger partial charge in [-0.3, -0.25) is 9.69 Å². The quantitative estimate of drug-likeness (QED) is 0.370. The van der Waals surface area contributed by atoms with Crippen molar-refractivity contribution in [3.63, 3.8) is 0 Å². The monoisotopic (exact) mass is 490 g/mol. The van der Waals surface area contributed by atoms with Gasteiger partial charge in [-0.25, -0.2) is 4.68 Å². The van der Waals surface area contributed by atoms with E-state index in [0.29, 0.717) is 35.7 Å². The van der Waals surface area contributed by atoms with Gasteiger partial charge in [0.25, 0.3) is 5.56 Å². The van der Waals surface area contributed by atoms with Gasteiger partial charge in [-0.1, -0.05) is 37.3 Å². The first-order valence-corrected chi connectivity index (χ1v) is 12.1. The Balaban J connectivity index is 1.78. The molecule has 2 aromatic carbocycles. The van der Waals surface area contributed by atoms with Crippen LogP contribution in [-0.4, -0.2) is 44.3 Å². The largest absolute Gasteiger partial charge is 0.493 e. The summed E-state index contributed by atoms with van der Waals surface area (Å²) in [6, 6.07) is 15.7. The number of nitrogens with one attached hydrogen (secondary N) is 1. The first-order chi connectivity index (χ1) is 17.2. The van der Waals surface area contributed by atoms with Crippen molar-refractivity contribution in [1.29, 1.82) is 0 Å². The summed E-state index contributed by atoms with van der Waals surface area (Å²) in [5.41, 5.74) is 2.08. The van der Waals surface area contributed by atoms with Crippen LogP contribution in [0.5, 0.6) is 11.5 Å². The standard InChI is InChI=1S/C27H34N6O3/c1-7-22(25-29-30-31-33(25)27(2,3)4)32(16-18-11-9-8-10-12-18)17-20-13-19-14-23(35-5)24(36-6)15-21(19)28-26(20)34/h8-15,22H,7,16-17H2,1-6H3,(H,28,34)/t22-/m0/s1. The smallest absolute Gasteiger partial charge is 0.252 e. The second-order valence-electron chi connectivity index (χ2n) is 9.85. The Hall–Kier alpha value is -3.72. The van der Waals surface area contributed by atoms with E-state index in [1.807, 2.05) is 35.0 Å². The van der Waals surface area contributed by atoms with E-state index in [1.165, 1.54) is 0 Å². The molecule has 0 saturated heterocycles. The van der Waals surface area contributed by atoms with Gasteiger partial charge in [-0.2, -0.15) is 0 Å². The van der Waals surface area contributed by atoms with Crippen LogP contribution in [0.2, 0.25) is 0 Å². The van der Waals surface area contributed by atoms with Gasteiger partial charge in [0.15, 0.2) is 17.3 Å². The Morgan fingerprint density at radius 2 is 1.72 bits per heavy atom. The lowest BCUT2D eigenvalue weighted by molar-refractivity contribution is 0.153. The molecule has 9 heteroatoms. The number of pyridine rings is 1. The number of hydrogen-bond acceptors (Lipinski definition) is 7. The van der Waals surface area contributed by atoms with Crippen molar-refractivity contribution in [3.05, 3.63) is 75.8 Å². The molecule has 0 spiro atoms. The van der Waals surface area contributed by atoms with Crippen LogP contribution in [0.1, 0.15) is 57.1 Å². The molecular weight excluding hydrogens is 456 g/mol. The normalized spacial score (nSPS) is 12.8. The molecule has 190 valence electrons. The predicted molar refractivity (Wildman–Crippen MR) is 139 cm³/mol. The Morgan fingerprint density at radius 1 is 1.03 bits per heavy atom. The summed E-state index contributed by atoms with van der Waals surface area (Å²) < 4.78 is 12.7. The molecule has 9 nitrogen and oxygen atoms in total. The second kappa shape index (κ2) is 10.5. The highest BCUT2D eigenvalue weighted by molar-refractivity contribution is 5.83. The fourth-order valence-electron chi connectivity index (χ4n) is 4.49. The van der Waals surface area contributed by atoms with Crippen molar-refractivity contribution >= 4 is 10.9 Å². The Kier molecular flexibility index (Phi) is 7.40. The summed E-state index contributed by atoms with van der Waals surface area (Å²) >= 11 is 0. The van der Waals surface area contributed by atoms with Crippen LogP contribution in [0.3, 0.4) is 0 Å². The first-order valence-electron chi connectivity index (χ1n) is 12.1. The van der Waals surface area contributed by atoms with Crippen molar-refractivity contribution in [2.75, 3.05) is 14.2 Å². The van der Waals surface area contributed by atoms with Crippen molar-refractivity contribution in [1.82, 2.24) is 30.1 Å². The van der Waals surface area contributed by atoms with Gasteiger partial charge in [0.1, 0.15) is 0 Å². The Labute approximate surface area is 211 Å².